The molecular formula is C24H35F3O2. The molecule has 1 aromatic rings. The van der Waals surface area contributed by atoms with Gasteiger partial charge in [-0.05, 0) is 26.7 Å². The maximum absolute atomic E-state index is 13.4. The van der Waals surface area contributed by atoms with Gasteiger partial charge in [0, 0.05) is 25.2 Å². The minimum atomic E-state index is -0.943. The van der Waals surface area contributed by atoms with Crippen LogP contribution in [-0.2, 0) is 9.47 Å². The highest BCUT2D eigenvalue weighted by atomic mass is 19.1. The van der Waals surface area contributed by atoms with E-state index in [9.17, 15) is 13.2 Å². The molecule has 0 radical (unpaired) electrons. The smallest absolute Gasteiger partial charge is 0.144 e. The van der Waals surface area contributed by atoms with Crippen molar-refractivity contribution in [1.29, 1.82) is 0 Å². The van der Waals surface area contributed by atoms with Crippen molar-refractivity contribution in [3.05, 3.63) is 35.1 Å². The van der Waals surface area contributed by atoms with Crippen molar-refractivity contribution in [1.82, 2.24) is 0 Å². The van der Waals surface area contributed by atoms with Crippen LogP contribution >= 0.6 is 0 Å². The van der Waals surface area contributed by atoms with E-state index in [1.54, 1.807) is 0 Å². The lowest BCUT2D eigenvalue weighted by Crippen LogP contribution is -2.10. The van der Waals surface area contributed by atoms with Crippen molar-refractivity contribution in [3.8, 4) is 11.8 Å². The average molecular weight is 413 g/mol. The van der Waals surface area contributed by atoms with Crippen molar-refractivity contribution in [2.45, 2.75) is 84.2 Å². The maximum atomic E-state index is 13.4. The Morgan fingerprint density at radius 2 is 1.31 bits per heavy atom. The van der Waals surface area contributed by atoms with Gasteiger partial charge in [0.2, 0.25) is 0 Å². The summed E-state index contributed by atoms with van der Waals surface area (Å²) in [5, 5.41) is 0. The summed E-state index contributed by atoms with van der Waals surface area (Å²) in [6.07, 6.45) is 11.2. The van der Waals surface area contributed by atoms with Gasteiger partial charge in [0.15, 0.2) is 0 Å². The molecule has 0 aliphatic carbocycles. The van der Waals surface area contributed by atoms with E-state index in [-0.39, 0.29) is 11.7 Å². The van der Waals surface area contributed by atoms with Gasteiger partial charge in [0.05, 0.1) is 24.9 Å². The standard InChI is InChI=1S/C24H35F3O2/c1-20(2)29-17-16-28-15-13-11-9-7-5-3-4-6-8-10-12-14-22-23(26)18-21(25)19-24(22)27/h18-20H,3-11,13,15-17H2,1-2H3. The second kappa shape index (κ2) is 16.3. The summed E-state index contributed by atoms with van der Waals surface area (Å²) in [4.78, 5) is 0. The van der Waals surface area contributed by atoms with Gasteiger partial charge in [-0.1, -0.05) is 56.8 Å². The highest BCUT2D eigenvalue weighted by Gasteiger charge is 2.08. The topological polar surface area (TPSA) is 18.5 Å². The quantitative estimate of drug-likeness (QED) is 0.233. The number of halogens is 3. The molecule has 0 bridgehead atoms. The van der Waals surface area contributed by atoms with Crippen LogP contribution in [0.1, 0.15) is 83.6 Å². The summed E-state index contributed by atoms with van der Waals surface area (Å²) < 4.78 is 50.6. The van der Waals surface area contributed by atoms with E-state index >= 15 is 0 Å². The fourth-order valence-electron chi connectivity index (χ4n) is 2.91. The van der Waals surface area contributed by atoms with Crippen molar-refractivity contribution in [3.63, 3.8) is 0 Å². The fraction of sp³-hybridized carbons (Fsp3) is 0.667. The van der Waals surface area contributed by atoms with Gasteiger partial charge in [-0.25, -0.2) is 13.2 Å². The Balaban J connectivity index is 1.90. The predicted molar refractivity (Wildman–Crippen MR) is 111 cm³/mol. The lowest BCUT2D eigenvalue weighted by atomic mass is 10.1. The molecule has 1 aromatic carbocycles. The lowest BCUT2D eigenvalue weighted by Gasteiger charge is -2.08. The highest BCUT2D eigenvalue weighted by molar-refractivity contribution is 5.37. The zero-order chi connectivity index (χ0) is 21.3. The summed E-state index contributed by atoms with van der Waals surface area (Å²) >= 11 is 0. The molecule has 0 unspecified atom stereocenters. The van der Waals surface area contributed by atoms with E-state index in [1.807, 2.05) is 13.8 Å². The first-order valence-corrected chi connectivity index (χ1v) is 10.8. The Morgan fingerprint density at radius 1 is 0.759 bits per heavy atom. The van der Waals surface area contributed by atoms with Crippen LogP contribution in [0.2, 0.25) is 0 Å². The van der Waals surface area contributed by atoms with Gasteiger partial charge in [0.1, 0.15) is 17.5 Å². The molecule has 164 valence electrons. The summed E-state index contributed by atoms with van der Waals surface area (Å²) in [6.45, 7) is 6.21. The third-order valence-electron chi connectivity index (χ3n) is 4.49. The van der Waals surface area contributed by atoms with Crippen LogP contribution in [0.3, 0.4) is 0 Å². The number of benzene rings is 1. The predicted octanol–water partition coefficient (Wildman–Crippen LogP) is 6.80. The molecule has 0 heterocycles. The van der Waals surface area contributed by atoms with E-state index in [4.69, 9.17) is 9.47 Å². The summed E-state index contributed by atoms with van der Waals surface area (Å²) in [6, 6.07) is 1.31. The summed E-state index contributed by atoms with van der Waals surface area (Å²) in [5.41, 5.74) is -0.347. The number of hydrogen-bond acceptors (Lipinski definition) is 2. The van der Waals surface area contributed by atoms with E-state index in [2.05, 4.69) is 11.8 Å². The third kappa shape index (κ3) is 13.4. The first kappa shape index (κ1) is 25.5. The first-order valence-electron chi connectivity index (χ1n) is 10.8. The lowest BCUT2D eigenvalue weighted by molar-refractivity contribution is 0.0186. The van der Waals surface area contributed by atoms with Crippen molar-refractivity contribution >= 4 is 0 Å². The number of rotatable bonds is 15. The number of ether oxygens (including phenoxy) is 2. The van der Waals surface area contributed by atoms with E-state index in [1.165, 1.54) is 32.1 Å². The van der Waals surface area contributed by atoms with Gasteiger partial charge in [-0.3, -0.25) is 0 Å². The molecule has 0 saturated heterocycles. The Bertz CT molecular complexity index is 597. The largest absolute Gasteiger partial charge is 0.379 e. The van der Waals surface area contributed by atoms with Crippen LogP contribution in [-0.4, -0.2) is 25.9 Å². The third-order valence-corrected chi connectivity index (χ3v) is 4.49. The molecule has 0 saturated carbocycles. The molecule has 0 amide bonds. The van der Waals surface area contributed by atoms with E-state index in [0.29, 0.717) is 31.8 Å². The van der Waals surface area contributed by atoms with Crippen LogP contribution < -0.4 is 0 Å². The van der Waals surface area contributed by atoms with E-state index < -0.39 is 17.5 Å². The van der Waals surface area contributed by atoms with Crippen LogP contribution in [0.4, 0.5) is 13.2 Å². The Morgan fingerprint density at radius 3 is 1.90 bits per heavy atom. The first-order chi connectivity index (χ1) is 14.0. The molecule has 0 N–H and O–H groups in total. The van der Waals surface area contributed by atoms with E-state index in [0.717, 1.165) is 32.3 Å². The van der Waals surface area contributed by atoms with Crippen LogP contribution in [0.25, 0.3) is 0 Å². The molecule has 29 heavy (non-hydrogen) atoms. The molecule has 0 aromatic heterocycles. The van der Waals surface area contributed by atoms with Gasteiger partial charge in [0.25, 0.3) is 0 Å². The molecule has 2 nitrogen and oxygen atoms in total. The normalized spacial score (nSPS) is 11.0. The summed E-state index contributed by atoms with van der Waals surface area (Å²) in [5.74, 6) is 2.44. The maximum Gasteiger partial charge on any atom is 0.144 e. The molecule has 0 aliphatic rings. The number of unbranched alkanes of at least 4 members (excludes halogenated alkanes) is 9. The second-order valence-corrected chi connectivity index (χ2v) is 7.51. The Hall–Kier alpha value is -1.51. The van der Waals surface area contributed by atoms with Crippen molar-refractivity contribution < 1.29 is 22.6 Å². The van der Waals surface area contributed by atoms with Gasteiger partial charge >= 0.3 is 0 Å². The molecule has 0 fully saturated rings. The van der Waals surface area contributed by atoms with Crippen LogP contribution in [0.15, 0.2) is 12.1 Å². The zero-order valence-corrected chi connectivity index (χ0v) is 17.9. The molecule has 0 atom stereocenters. The van der Waals surface area contributed by atoms with Gasteiger partial charge < -0.3 is 9.47 Å². The van der Waals surface area contributed by atoms with Gasteiger partial charge in [-0.2, -0.15) is 0 Å². The van der Waals surface area contributed by atoms with Crippen LogP contribution in [0.5, 0.6) is 0 Å². The molecule has 5 heteroatoms. The molecule has 1 rings (SSSR count). The second-order valence-electron chi connectivity index (χ2n) is 7.51. The summed E-state index contributed by atoms with van der Waals surface area (Å²) in [7, 11) is 0. The Labute approximate surface area is 174 Å². The zero-order valence-electron chi connectivity index (χ0n) is 17.9. The fourth-order valence-corrected chi connectivity index (χ4v) is 2.91. The van der Waals surface area contributed by atoms with Crippen molar-refractivity contribution in [2.75, 3.05) is 19.8 Å². The molecular weight excluding hydrogens is 377 g/mol. The van der Waals surface area contributed by atoms with Gasteiger partial charge in [-0.15, -0.1) is 0 Å². The molecule has 0 aliphatic heterocycles. The van der Waals surface area contributed by atoms with Crippen LogP contribution in [0, 0.1) is 29.3 Å². The number of hydrogen-bond donors (Lipinski definition) is 0. The molecule has 0 spiro atoms. The average Bonchev–Trinajstić information content (AvgIpc) is 2.65. The minimum Gasteiger partial charge on any atom is -0.379 e. The highest BCUT2D eigenvalue weighted by Crippen LogP contribution is 2.14. The Kier molecular flexibility index (Phi) is 14.4. The SMILES string of the molecule is CC(C)OCCOCCCCCCCCCCCC#Cc1c(F)cc(F)cc1F. The van der Waals surface area contributed by atoms with Crippen molar-refractivity contribution in [2.24, 2.45) is 0 Å². The minimum absolute atomic E-state index is 0.266. The monoisotopic (exact) mass is 412 g/mol.